The minimum absolute atomic E-state index is 0.192. The summed E-state index contributed by atoms with van der Waals surface area (Å²) in [6, 6.07) is 11.1. The van der Waals surface area contributed by atoms with Crippen LogP contribution in [-0.2, 0) is 4.79 Å². The molecule has 2 amide bonds. The van der Waals surface area contributed by atoms with Crippen LogP contribution in [0.2, 0.25) is 0 Å². The van der Waals surface area contributed by atoms with Crippen molar-refractivity contribution in [1.82, 2.24) is 14.9 Å². The van der Waals surface area contributed by atoms with Crippen LogP contribution in [0.25, 0.3) is 5.69 Å². The van der Waals surface area contributed by atoms with Crippen LogP contribution in [0.1, 0.15) is 16.1 Å². The van der Waals surface area contributed by atoms with Gasteiger partial charge in [0.05, 0.1) is 19.1 Å². The number of amides is 2. The van der Waals surface area contributed by atoms with E-state index in [1.165, 1.54) is 41.4 Å². The van der Waals surface area contributed by atoms with Gasteiger partial charge in [0.15, 0.2) is 0 Å². The zero-order valence-corrected chi connectivity index (χ0v) is 16.0. The summed E-state index contributed by atoms with van der Waals surface area (Å²) in [7, 11) is 0. The minimum Gasteiger partial charge on any atom is -0.342 e. The van der Waals surface area contributed by atoms with Crippen molar-refractivity contribution in [3.63, 3.8) is 0 Å². The highest BCUT2D eigenvalue weighted by Crippen LogP contribution is 2.19. The molecule has 0 bridgehead atoms. The molecule has 8 heteroatoms. The average molecular weight is 431 g/mol. The van der Waals surface area contributed by atoms with E-state index in [0.717, 1.165) is 10.0 Å². The van der Waals surface area contributed by atoms with Crippen molar-refractivity contribution in [2.75, 3.05) is 11.9 Å². The van der Waals surface area contributed by atoms with Gasteiger partial charge >= 0.3 is 0 Å². The summed E-state index contributed by atoms with van der Waals surface area (Å²) in [6.45, 7) is 1.72. The molecule has 0 spiro atoms. The molecule has 0 fully saturated rings. The van der Waals surface area contributed by atoms with Gasteiger partial charge in [-0.2, -0.15) is 0 Å². The van der Waals surface area contributed by atoms with Gasteiger partial charge in [-0.3, -0.25) is 14.2 Å². The van der Waals surface area contributed by atoms with Crippen LogP contribution in [0.15, 0.2) is 59.5 Å². The molecule has 27 heavy (non-hydrogen) atoms. The highest BCUT2D eigenvalue weighted by Gasteiger charge is 2.14. The maximum atomic E-state index is 13.1. The lowest BCUT2D eigenvalue weighted by Gasteiger charge is -2.10. The van der Waals surface area contributed by atoms with Crippen molar-refractivity contribution >= 4 is 33.4 Å². The van der Waals surface area contributed by atoms with Crippen LogP contribution in [-0.4, -0.2) is 27.9 Å². The molecule has 0 radical (unpaired) electrons. The molecule has 3 rings (SSSR count). The fourth-order valence-electron chi connectivity index (χ4n) is 2.45. The summed E-state index contributed by atoms with van der Waals surface area (Å²) in [5.41, 5.74) is 2.47. The van der Waals surface area contributed by atoms with Crippen LogP contribution in [0.4, 0.5) is 10.1 Å². The number of carbonyl (C=O) groups is 2. The molecule has 0 atom stereocenters. The third-order valence-corrected chi connectivity index (χ3v) is 4.72. The summed E-state index contributed by atoms with van der Waals surface area (Å²) >= 11 is 3.40. The van der Waals surface area contributed by atoms with Gasteiger partial charge in [0, 0.05) is 15.8 Å². The molecule has 0 unspecified atom stereocenters. The first kappa shape index (κ1) is 18.8. The fraction of sp³-hybridized carbons (Fsp3) is 0.105. The minimum atomic E-state index is -0.459. The molecule has 0 aliphatic carbocycles. The van der Waals surface area contributed by atoms with E-state index in [1.807, 2.05) is 19.1 Å². The van der Waals surface area contributed by atoms with Crippen molar-refractivity contribution in [1.29, 1.82) is 0 Å². The molecular formula is C19H16BrFN4O2. The largest absolute Gasteiger partial charge is 0.342 e. The number of nitrogens with zero attached hydrogens (tertiary/aromatic N) is 2. The van der Waals surface area contributed by atoms with Crippen LogP contribution in [0.5, 0.6) is 0 Å². The number of rotatable bonds is 5. The maximum Gasteiger partial charge on any atom is 0.270 e. The van der Waals surface area contributed by atoms with E-state index in [-0.39, 0.29) is 24.0 Å². The normalized spacial score (nSPS) is 10.5. The first-order valence-electron chi connectivity index (χ1n) is 8.06. The third-order valence-electron chi connectivity index (χ3n) is 3.83. The lowest BCUT2D eigenvalue weighted by Crippen LogP contribution is -2.33. The molecule has 138 valence electrons. The van der Waals surface area contributed by atoms with Gasteiger partial charge in [-0.15, -0.1) is 0 Å². The Labute approximate surface area is 163 Å². The summed E-state index contributed by atoms with van der Waals surface area (Å²) in [5, 5.41) is 5.28. The van der Waals surface area contributed by atoms with Gasteiger partial charge in [0.1, 0.15) is 11.5 Å². The molecule has 0 saturated carbocycles. The van der Waals surface area contributed by atoms with E-state index >= 15 is 0 Å². The van der Waals surface area contributed by atoms with Crippen molar-refractivity contribution in [2.45, 2.75) is 6.92 Å². The Kier molecular flexibility index (Phi) is 5.66. The molecule has 1 aromatic heterocycles. The Morgan fingerprint density at radius 2 is 1.93 bits per heavy atom. The number of benzene rings is 2. The molecule has 6 nitrogen and oxygen atoms in total. The predicted molar refractivity (Wildman–Crippen MR) is 103 cm³/mol. The molecule has 0 saturated heterocycles. The number of anilines is 1. The van der Waals surface area contributed by atoms with Crippen molar-refractivity contribution in [3.05, 3.63) is 76.5 Å². The van der Waals surface area contributed by atoms with Crippen molar-refractivity contribution in [3.8, 4) is 5.69 Å². The molecule has 3 aromatic rings. The number of carbonyl (C=O) groups excluding carboxylic acids is 2. The maximum absolute atomic E-state index is 13.1. The van der Waals surface area contributed by atoms with Gasteiger partial charge in [-0.05, 0) is 55.0 Å². The van der Waals surface area contributed by atoms with Crippen molar-refractivity contribution < 1.29 is 14.0 Å². The molecule has 1 heterocycles. The number of halogens is 2. The Balaban J connectivity index is 1.63. The van der Waals surface area contributed by atoms with Crippen LogP contribution in [0.3, 0.4) is 0 Å². The average Bonchev–Trinajstić information content (AvgIpc) is 3.13. The van der Waals surface area contributed by atoms with Crippen LogP contribution < -0.4 is 10.6 Å². The SMILES string of the molecule is Cc1cc(NC(=O)CNC(=O)c2cncn2-c2ccc(F)cc2)ccc1Br. The number of imidazole rings is 1. The Hall–Kier alpha value is -3.00. The van der Waals surface area contributed by atoms with E-state index in [9.17, 15) is 14.0 Å². The fourth-order valence-corrected chi connectivity index (χ4v) is 2.70. The second-order valence-electron chi connectivity index (χ2n) is 5.82. The standard InChI is InChI=1S/C19H16BrFN4O2/c1-12-8-14(4-7-16(12)20)24-18(26)10-23-19(27)17-9-22-11-25(17)15-5-2-13(21)3-6-15/h2-9,11H,10H2,1H3,(H,23,27)(H,24,26). The van der Waals surface area contributed by atoms with Gasteiger partial charge < -0.3 is 10.6 Å². The molecule has 2 aromatic carbocycles. The highest BCUT2D eigenvalue weighted by atomic mass is 79.9. The van der Waals surface area contributed by atoms with Gasteiger partial charge in [0.25, 0.3) is 5.91 Å². The van der Waals surface area contributed by atoms with Gasteiger partial charge in [-0.1, -0.05) is 15.9 Å². The van der Waals surface area contributed by atoms with Gasteiger partial charge in [0.2, 0.25) is 5.91 Å². The molecular weight excluding hydrogens is 415 g/mol. The number of nitrogens with one attached hydrogen (secondary N) is 2. The summed E-state index contributed by atoms with van der Waals surface area (Å²) in [4.78, 5) is 28.4. The summed E-state index contributed by atoms with van der Waals surface area (Å²) < 4.78 is 15.5. The molecule has 0 aliphatic rings. The monoisotopic (exact) mass is 430 g/mol. The first-order valence-corrected chi connectivity index (χ1v) is 8.86. The summed E-state index contributed by atoms with van der Waals surface area (Å²) in [6.07, 6.45) is 2.83. The van der Waals surface area contributed by atoms with E-state index in [4.69, 9.17) is 0 Å². The number of aryl methyl sites for hydroxylation is 1. The van der Waals surface area contributed by atoms with E-state index in [2.05, 4.69) is 31.5 Å². The second kappa shape index (κ2) is 8.13. The summed E-state index contributed by atoms with van der Waals surface area (Å²) in [5.74, 6) is -1.18. The second-order valence-corrected chi connectivity index (χ2v) is 6.67. The zero-order valence-electron chi connectivity index (χ0n) is 14.4. The van der Waals surface area contributed by atoms with Crippen LogP contribution >= 0.6 is 15.9 Å². The number of hydrogen-bond acceptors (Lipinski definition) is 3. The van der Waals surface area contributed by atoms with E-state index in [1.54, 1.807) is 6.07 Å². The lowest BCUT2D eigenvalue weighted by molar-refractivity contribution is -0.115. The number of aromatic nitrogens is 2. The zero-order chi connectivity index (χ0) is 19.4. The van der Waals surface area contributed by atoms with E-state index < -0.39 is 5.91 Å². The van der Waals surface area contributed by atoms with Gasteiger partial charge in [-0.25, -0.2) is 9.37 Å². The topological polar surface area (TPSA) is 76.0 Å². The molecule has 2 N–H and O–H groups in total. The third kappa shape index (κ3) is 4.59. The number of hydrogen-bond donors (Lipinski definition) is 2. The predicted octanol–water partition coefficient (Wildman–Crippen LogP) is 3.45. The lowest BCUT2D eigenvalue weighted by atomic mass is 10.2. The Bertz CT molecular complexity index is 986. The Morgan fingerprint density at radius 3 is 2.63 bits per heavy atom. The van der Waals surface area contributed by atoms with Crippen LogP contribution in [0, 0.1) is 12.7 Å². The van der Waals surface area contributed by atoms with Crippen molar-refractivity contribution in [2.24, 2.45) is 0 Å². The smallest absolute Gasteiger partial charge is 0.270 e. The first-order chi connectivity index (χ1) is 12.9. The molecule has 0 aliphatic heterocycles. The highest BCUT2D eigenvalue weighted by molar-refractivity contribution is 9.10. The van der Waals surface area contributed by atoms with E-state index in [0.29, 0.717) is 11.4 Å². The Morgan fingerprint density at radius 1 is 1.19 bits per heavy atom. The quantitative estimate of drug-likeness (QED) is 0.650.